The monoisotopic (exact) mass is 366 g/mol. The van der Waals surface area contributed by atoms with Crippen LogP contribution in [-0.2, 0) is 11.3 Å². The highest BCUT2D eigenvalue weighted by atomic mass is 35.5. The molecule has 0 aliphatic heterocycles. The van der Waals surface area contributed by atoms with Crippen molar-refractivity contribution in [2.75, 3.05) is 12.4 Å². The fourth-order valence-electron chi connectivity index (χ4n) is 2.20. The summed E-state index contributed by atoms with van der Waals surface area (Å²) >= 11 is 12.5. The third kappa shape index (κ3) is 3.60. The van der Waals surface area contributed by atoms with Gasteiger partial charge in [-0.2, -0.15) is 0 Å². The molecule has 0 bridgehead atoms. The summed E-state index contributed by atoms with van der Waals surface area (Å²) in [5.74, 6) is 0.670. The Balaban J connectivity index is 1.88. The van der Waals surface area contributed by atoms with E-state index >= 15 is 0 Å². The van der Waals surface area contributed by atoms with Gasteiger partial charge in [-0.05, 0) is 31.4 Å². The summed E-state index contributed by atoms with van der Waals surface area (Å²) in [6.07, 6.45) is 3.75. The number of aryl methyl sites for hydroxylation is 1. The number of pyridine rings is 1. The first kappa shape index (κ1) is 16.9. The van der Waals surface area contributed by atoms with E-state index in [-0.39, 0.29) is 16.6 Å². The predicted octanol–water partition coefficient (Wildman–Crippen LogP) is 3.76. The standard InChI is InChI=1S/C16H16Cl2N4O2/c1-8-5-10(17)11(19-6-8)7-20-15-12(18)13(16(23)24-2)21-14(22-15)9-3-4-9/h5-6,9H,3-4,7H2,1-2H3,(H,20,21,22). The number of carbonyl (C=O) groups excluding carboxylic acids is 1. The summed E-state index contributed by atoms with van der Waals surface area (Å²) in [4.78, 5) is 24.9. The fraction of sp³-hybridized carbons (Fsp3) is 0.375. The third-order valence-corrected chi connectivity index (χ3v) is 4.35. The van der Waals surface area contributed by atoms with Crippen molar-refractivity contribution >= 4 is 35.0 Å². The molecule has 0 unspecified atom stereocenters. The van der Waals surface area contributed by atoms with Gasteiger partial charge in [0.1, 0.15) is 16.7 Å². The molecular weight excluding hydrogens is 351 g/mol. The van der Waals surface area contributed by atoms with Crippen LogP contribution in [0.3, 0.4) is 0 Å². The van der Waals surface area contributed by atoms with E-state index in [4.69, 9.17) is 27.9 Å². The van der Waals surface area contributed by atoms with Crippen molar-refractivity contribution in [2.45, 2.75) is 32.2 Å². The number of carbonyl (C=O) groups is 1. The normalized spacial score (nSPS) is 13.7. The zero-order valence-corrected chi connectivity index (χ0v) is 14.8. The maximum absolute atomic E-state index is 11.9. The second-order valence-electron chi connectivity index (χ2n) is 5.65. The number of ether oxygens (including phenoxy) is 1. The molecule has 1 aliphatic rings. The number of nitrogens with one attached hydrogen (secondary N) is 1. The third-order valence-electron chi connectivity index (χ3n) is 3.67. The molecule has 2 aromatic heterocycles. The molecule has 1 fully saturated rings. The van der Waals surface area contributed by atoms with Gasteiger partial charge < -0.3 is 10.1 Å². The van der Waals surface area contributed by atoms with Crippen LogP contribution in [0.15, 0.2) is 12.3 Å². The number of hydrogen-bond donors (Lipinski definition) is 1. The molecule has 24 heavy (non-hydrogen) atoms. The summed E-state index contributed by atoms with van der Waals surface area (Å²) in [5.41, 5.74) is 1.72. The first-order valence-electron chi connectivity index (χ1n) is 7.50. The minimum atomic E-state index is -0.584. The average molecular weight is 367 g/mol. The van der Waals surface area contributed by atoms with Gasteiger partial charge in [0.25, 0.3) is 0 Å². The van der Waals surface area contributed by atoms with Crippen LogP contribution in [0.25, 0.3) is 0 Å². The number of methoxy groups -OCH3 is 1. The highest BCUT2D eigenvalue weighted by molar-refractivity contribution is 6.35. The van der Waals surface area contributed by atoms with Crippen LogP contribution in [0.4, 0.5) is 5.82 Å². The molecule has 1 N–H and O–H groups in total. The number of rotatable bonds is 5. The quantitative estimate of drug-likeness (QED) is 0.811. The Morgan fingerprint density at radius 1 is 1.38 bits per heavy atom. The van der Waals surface area contributed by atoms with Gasteiger partial charge in [-0.25, -0.2) is 14.8 Å². The van der Waals surface area contributed by atoms with Gasteiger partial charge in [-0.3, -0.25) is 4.98 Å². The molecule has 3 rings (SSSR count). The van der Waals surface area contributed by atoms with E-state index in [1.807, 2.05) is 13.0 Å². The summed E-state index contributed by atoms with van der Waals surface area (Å²) < 4.78 is 4.75. The Bertz CT molecular complexity index is 794. The number of esters is 1. The predicted molar refractivity (Wildman–Crippen MR) is 91.7 cm³/mol. The van der Waals surface area contributed by atoms with Gasteiger partial charge in [0.2, 0.25) is 0 Å². The molecule has 1 aliphatic carbocycles. The molecule has 126 valence electrons. The average Bonchev–Trinajstić information content (AvgIpc) is 3.39. The number of anilines is 1. The van der Waals surface area contributed by atoms with Crippen LogP contribution < -0.4 is 5.32 Å². The lowest BCUT2D eigenvalue weighted by Crippen LogP contribution is -2.13. The van der Waals surface area contributed by atoms with Crippen LogP contribution in [0, 0.1) is 6.92 Å². The maximum Gasteiger partial charge on any atom is 0.358 e. The topological polar surface area (TPSA) is 77.0 Å². The van der Waals surface area contributed by atoms with Crippen LogP contribution in [0.1, 0.15) is 46.3 Å². The van der Waals surface area contributed by atoms with Crippen LogP contribution in [-0.4, -0.2) is 28.0 Å². The minimum absolute atomic E-state index is 0.0709. The summed E-state index contributed by atoms with van der Waals surface area (Å²) in [6, 6.07) is 1.84. The highest BCUT2D eigenvalue weighted by Gasteiger charge is 2.30. The fourth-order valence-corrected chi connectivity index (χ4v) is 2.71. The number of aromatic nitrogens is 3. The number of nitrogens with zero attached hydrogens (tertiary/aromatic N) is 3. The molecule has 6 nitrogen and oxygen atoms in total. The lowest BCUT2D eigenvalue weighted by molar-refractivity contribution is 0.0593. The van der Waals surface area contributed by atoms with E-state index in [1.165, 1.54) is 7.11 Å². The Kier molecular flexibility index (Phi) is 4.87. The van der Waals surface area contributed by atoms with E-state index in [1.54, 1.807) is 6.20 Å². The van der Waals surface area contributed by atoms with E-state index in [0.717, 1.165) is 18.4 Å². The molecular formula is C16H16Cl2N4O2. The van der Waals surface area contributed by atoms with Gasteiger partial charge in [-0.15, -0.1) is 0 Å². The summed E-state index contributed by atoms with van der Waals surface area (Å²) in [5, 5.41) is 3.79. The molecule has 8 heteroatoms. The van der Waals surface area contributed by atoms with Crippen molar-refractivity contribution in [1.29, 1.82) is 0 Å². The van der Waals surface area contributed by atoms with Gasteiger partial charge >= 0.3 is 5.97 Å². The van der Waals surface area contributed by atoms with Crippen LogP contribution in [0.5, 0.6) is 0 Å². The minimum Gasteiger partial charge on any atom is -0.464 e. The SMILES string of the molecule is COC(=O)c1nc(C2CC2)nc(NCc2ncc(C)cc2Cl)c1Cl. The number of hydrogen-bond acceptors (Lipinski definition) is 6. The molecule has 0 saturated heterocycles. The van der Waals surface area contributed by atoms with Crippen molar-refractivity contribution in [3.8, 4) is 0 Å². The molecule has 1 saturated carbocycles. The van der Waals surface area contributed by atoms with Crippen LogP contribution in [0.2, 0.25) is 10.0 Å². The Hall–Kier alpha value is -1.92. The first-order chi connectivity index (χ1) is 11.5. The summed E-state index contributed by atoms with van der Waals surface area (Å²) in [6.45, 7) is 2.25. The van der Waals surface area contributed by atoms with Gasteiger partial charge in [-0.1, -0.05) is 23.2 Å². The van der Waals surface area contributed by atoms with Crippen molar-refractivity contribution in [3.05, 3.63) is 45.1 Å². The summed E-state index contributed by atoms with van der Waals surface area (Å²) in [7, 11) is 1.29. The molecule has 2 aromatic rings. The van der Waals surface area contributed by atoms with Crippen molar-refractivity contribution in [2.24, 2.45) is 0 Å². The zero-order chi connectivity index (χ0) is 17.3. The molecule has 0 atom stereocenters. The Morgan fingerprint density at radius 2 is 2.12 bits per heavy atom. The van der Waals surface area contributed by atoms with Gasteiger partial charge in [0, 0.05) is 12.1 Å². The lowest BCUT2D eigenvalue weighted by atomic mass is 10.2. The molecule has 0 amide bonds. The largest absolute Gasteiger partial charge is 0.464 e. The molecule has 0 radical (unpaired) electrons. The first-order valence-corrected chi connectivity index (χ1v) is 8.25. The molecule has 0 aromatic carbocycles. The van der Waals surface area contributed by atoms with E-state index in [2.05, 4.69) is 20.3 Å². The second kappa shape index (κ2) is 6.91. The number of halogens is 2. The van der Waals surface area contributed by atoms with Crippen molar-refractivity contribution < 1.29 is 9.53 Å². The molecule has 0 spiro atoms. The van der Waals surface area contributed by atoms with E-state index in [9.17, 15) is 4.79 Å². The Morgan fingerprint density at radius 3 is 2.75 bits per heavy atom. The van der Waals surface area contributed by atoms with E-state index in [0.29, 0.717) is 28.9 Å². The van der Waals surface area contributed by atoms with E-state index < -0.39 is 5.97 Å². The maximum atomic E-state index is 11.9. The zero-order valence-electron chi connectivity index (χ0n) is 13.3. The smallest absolute Gasteiger partial charge is 0.358 e. The molecule has 2 heterocycles. The van der Waals surface area contributed by atoms with Crippen molar-refractivity contribution in [1.82, 2.24) is 15.0 Å². The lowest BCUT2D eigenvalue weighted by Gasteiger charge is -2.12. The van der Waals surface area contributed by atoms with Crippen LogP contribution >= 0.6 is 23.2 Å². The van der Waals surface area contributed by atoms with Gasteiger partial charge in [0.05, 0.1) is 24.4 Å². The van der Waals surface area contributed by atoms with Gasteiger partial charge in [0.15, 0.2) is 5.69 Å². The highest BCUT2D eigenvalue weighted by Crippen LogP contribution is 2.39. The Labute approximate surface area is 149 Å². The second-order valence-corrected chi connectivity index (χ2v) is 6.44. The van der Waals surface area contributed by atoms with Crippen molar-refractivity contribution in [3.63, 3.8) is 0 Å².